The van der Waals surface area contributed by atoms with Crippen LogP contribution in [0.4, 0.5) is 0 Å². The van der Waals surface area contributed by atoms with Gasteiger partial charge in [-0.2, -0.15) is 0 Å². The summed E-state index contributed by atoms with van der Waals surface area (Å²) in [6, 6.07) is 21.4. The molecular formula is C20H22OSi. The molecule has 2 aromatic rings. The molecule has 1 aliphatic rings. The third kappa shape index (κ3) is 3.68. The van der Waals surface area contributed by atoms with E-state index in [2.05, 4.69) is 66.6 Å². The average molecular weight is 306 g/mol. The minimum Gasteiger partial charge on any atom is -0.408 e. The molecule has 0 atom stereocenters. The predicted octanol–water partition coefficient (Wildman–Crippen LogP) is 2.73. The van der Waals surface area contributed by atoms with Crippen LogP contribution in [-0.2, 0) is 4.43 Å². The van der Waals surface area contributed by atoms with Crippen LogP contribution in [0.25, 0.3) is 0 Å². The molecule has 0 N–H and O–H groups in total. The lowest BCUT2D eigenvalue weighted by molar-refractivity contribution is 0.148. The van der Waals surface area contributed by atoms with Crippen molar-refractivity contribution in [2.75, 3.05) is 0 Å². The molecule has 0 saturated heterocycles. The maximum absolute atomic E-state index is 6.63. The SMILES string of the molecule is C#CC1CCC(O[SiH](c2ccccc2)c2ccccc2)CC1. The number of hydrogen-bond donors (Lipinski definition) is 0. The highest BCUT2D eigenvalue weighted by atomic mass is 28.3. The summed E-state index contributed by atoms with van der Waals surface area (Å²) < 4.78 is 6.63. The zero-order valence-corrected chi connectivity index (χ0v) is 14.0. The van der Waals surface area contributed by atoms with E-state index in [0.717, 1.165) is 25.7 Å². The third-order valence-corrected chi connectivity index (χ3v) is 7.08. The van der Waals surface area contributed by atoms with Gasteiger partial charge in [0, 0.05) is 12.0 Å². The zero-order valence-electron chi connectivity index (χ0n) is 12.8. The molecule has 0 amide bonds. The largest absolute Gasteiger partial charge is 0.408 e. The van der Waals surface area contributed by atoms with Crippen molar-refractivity contribution in [3.63, 3.8) is 0 Å². The molecule has 1 nitrogen and oxygen atoms in total. The molecule has 2 aromatic carbocycles. The van der Waals surface area contributed by atoms with Gasteiger partial charge >= 0.3 is 0 Å². The molecule has 22 heavy (non-hydrogen) atoms. The summed E-state index contributed by atoms with van der Waals surface area (Å²) in [6.45, 7) is 0. The molecule has 3 rings (SSSR count). The van der Waals surface area contributed by atoms with E-state index < -0.39 is 9.04 Å². The molecule has 112 valence electrons. The molecular weight excluding hydrogens is 284 g/mol. The van der Waals surface area contributed by atoms with Gasteiger partial charge in [0.05, 0.1) is 0 Å². The van der Waals surface area contributed by atoms with Crippen LogP contribution < -0.4 is 10.4 Å². The first-order valence-electron chi connectivity index (χ1n) is 8.08. The Morgan fingerprint density at radius 3 is 1.77 bits per heavy atom. The topological polar surface area (TPSA) is 9.23 Å². The van der Waals surface area contributed by atoms with Crippen LogP contribution in [0.5, 0.6) is 0 Å². The molecule has 0 aliphatic heterocycles. The molecule has 0 bridgehead atoms. The number of benzene rings is 2. The third-order valence-electron chi connectivity index (χ3n) is 4.44. The van der Waals surface area contributed by atoms with Crippen LogP contribution in [0.15, 0.2) is 60.7 Å². The van der Waals surface area contributed by atoms with Gasteiger partial charge in [-0.05, 0) is 36.1 Å². The minimum absolute atomic E-state index is 0.363. The molecule has 0 radical (unpaired) electrons. The quantitative estimate of drug-likeness (QED) is 0.623. The van der Waals surface area contributed by atoms with Gasteiger partial charge in [-0.1, -0.05) is 60.7 Å². The van der Waals surface area contributed by atoms with Crippen molar-refractivity contribution >= 4 is 19.4 Å². The lowest BCUT2D eigenvalue weighted by Crippen LogP contribution is -2.47. The first kappa shape index (κ1) is 15.1. The van der Waals surface area contributed by atoms with Crippen molar-refractivity contribution < 1.29 is 4.43 Å². The fraction of sp³-hybridized carbons (Fsp3) is 0.300. The Labute approximate surface area is 135 Å². The second-order valence-electron chi connectivity index (χ2n) is 5.98. The maximum atomic E-state index is 6.63. The van der Waals surface area contributed by atoms with Gasteiger partial charge in [0.25, 0.3) is 0 Å². The Hall–Kier alpha value is -1.82. The number of terminal acetylenes is 1. The summed E-state index contributed by atoms with van der Waals surface area (Å²) in [4.78, 5) is 0. The van der Waals surface area contributed by atoms with Crippen molar-refractivity contribution in [2.24, 2.45) is 5.92 Å². The first-order valence-corrected chi connectivity index (χ1v) is 9.71. The standard InChI is InChI=1S/C20H22OSi/c1-2-17-13-15-18(16-14-17)21-22(19-9-5-3-6-10-19)20-11-7-4-8-12-20/h1,3-12,17-18,22H,13-16H2. The second kappa shape index (κ2) is 7.44. The Kier molecular flexibility index (Phi) is 5.10. The Morgan fingerprint density at radius 1 is 0.818 bits per heavy atom. The summed E-state index contributed by atoms with van der Waals surface area (Å²) in [5.41, 5.74) is 0. The fourth-order valence-electron chi connectivity index (χ4n) is 3.16. The van der Waals surface area contributed by atoms with E-state index in [4.69, 9.17) is 10.8 Å². The van der Waals surface area contributed by atoms with Gasteiger partial charge in [-0.15, -0.1) is 12.3 Å². The summed E-state index contributed by atoms with van der Waals surface area (Å²) in [5, 5.41) is 2.71. The highest BCUT2D eigenvalue weighted by molar-refractivity contribution is 6.80. The van der Waals surface area contributed by atoms with E-state index in [-0.39, 0.29) is 0 Å². The number of rotatable bonds is 4. The molecule has 0 spiro atoms. The van der Waals surface area contributed by atoms with E-state index in [9.17, 15) is 0 Å². The van der Waals surface area contributed by atoms with Gasteiger partial charge in [0.1, 0.15) is 0 Å². The van der Waals surface area contributed by atoms with Crippen molar-refractivity contribution in [3.05, 3.63) is 60.7 Å². The monoisotopic (exact) mass is 306 g/mol. The maximum Gasteiger partial charge on any atom is 0.240 e. The smallest absolute Gasteiger partial charge is 0.240 e. The summed E-state index contributed by atoms with van der Waals surface area (Å²) in [5.74, 6) is 3.35. The van der Waals surface area contributed by atoms with E-state index in [1.165, 1.54) is 10.4 Å². The molecule has 1 fully saturated rings. The molecule has 0 heterocycles. The van der Waals surface area contributed by atoms with Crippen LogP contribution in [0.3, 0.4) is 0 Å². The van der Waals surface area contributed by atoms with Crippen molar-refractivity contribution in [2.45, 2.75) is 31.8 Å². The van der Waals surface area contributed by atoms with Crippen LogP contribution in [0.2, 0.25) is 0 Å². The van der Waals surface area contributed by atoms with Crippen molar-refractivity contribution in [1.82, 2.24) is 0 Å². The Morgan fingerprint density at radius 2 is 1.32 bits per heavy atom. The van der Waals surface area contributed by atoms with Gasteiger partial charge < -0.3 is 4.43 Å². The van der Waals surface area contributed by atoms with Crippen LogP contribution in [0, 0.1) is 18.3 Å². The normalized spacial score (nSPS) is 21.5. The van der Waals surface area contributed by atoms with E-state index >= 15 is 0 Å². The molecule has 1 saturated carbocycles. The lowest BCUT2D eigenvalue weighted by atomic mass is 9.88. The molecule has 1 aliphatic carbocycles. The van der Waals surface area contributed by atoms with Gasteiger partial charge in [0.15, 0.2) is 0 Å². The second-order valence-corrected chi connectivity index (χ2v) is 8.34. The lowest BCUT2D eigenvalue weighted by Gasteiger charge is -2.30. The van der Waals surface area contributed by atoms with Crippen LogP contribution in [-0.4, -0.2) is 15.1 Å². The summed E-state index contributed by atoms with van der Waals surface area (Å²) in [7, 11) is -1.60. The van der Waals surface area contributed by atoms with Crippen molar-refractivity contribution in [1.29, 1.82) is 0 Å². The molecule has 0 aromatic heterocycles. The highest BCUT2D eigenvalue weighted by Gasteiger charge is 2.26. The van der Waals surface area contributed by atoms with Gasteiger partial charge in [-0.25, -0.2) is 0 Å². The van der Waals surface area contributed by atoms with Crippen LogP contribution in [0.1, 0.15) is 25.7 Å². The summed E-state index contributed by atoms with van der Waals surface area (Å²) >= 11 is 0. The van der Waals surface area contributed by atoms with Crippen LogP contribution >= 0.6 is 0 Å². The van der Waals surface area contributed by atoms with Gasteiger partial charge in [-0.3, -0.25) is 0 Å². The van der Waals surface area contributed by atoms with Crippen molar-refractivity contribution in [3.8, 4) is 12.3 Å². The number of hydrogen-bond acceptors (Lipinski definition) is 1. The van der Waals surface area contributed by atoms with E-state index in [1.54, 1.807) is 0 Å². The van der Waals surface area contributed by atoms with E-state index in [1.807, 2.05) is 0 Å². The van der Waals surface area contributed by atoms with E-state index in [0.29, 0.717) is 12.0 Å². The minimum atomic E-state index is -1.60. The Balaban J connectivity index is 1.77. The average Bonchev–Trinajstić information content (AvgIpc) is 2.62. The fourth-order valence-corrected chi connectivity index (χ4v) is 5.66. The molecule has 2 heteroatoms. The summed E-state index contributed by atoms with van der Waals surface area (Å²) in [6.07, 6.45) is 10.3. The van der Waals surface area contributed by atoms with Gasteiger partial charge in [0.2, 0.25) is 9.04 Å². The predicted molar refractivity (Wildman–Crippen MR) is 95.0 cm³/mol. The Bertz CT molecular complexity index is 570. The highest BCUT2D eigenvalue weighted by Crippen LogP contribution is 2.25. The molecule has 0 unspecified atom stereocenters. The zero-order chi connectivity index (χ0) is 15.2. The first-order chi connectivity index (χ1) is 10.9.